The van der Waals surface area contributed by atoms with Crippen LogP contribution in [0.15, 0.2) is 72.9 Å². The van der Waals surface area contributed by atoms with Gasteiger partial charge in [0.05, 0.1) is 33.8 Å². The van der Waals surface area contributed by atoms with E-state index in [0.29, 0.717) is 17.4 Å². The second-order valence-electron chi connectivity index (χ2n) is 22.9. The van der Waals surface area contributed by atoms with Gasteiger partial charge in [0, 0.05) is 12.8 Å². The molecule has 0 bridgehead atoms. The molecule has 77 heavy (non-hydrogen) atoms. The lowest BCUT2D eigenvalue weighted by Gasteiger charge is -2.30. The first kappa shape index (κ1) is 74.5. The summed E-state index contributed by atoms with van der Waals surface area (Å²) >= 11 is 0. The van der Waals surface area contributed by atoms with Crippen LogP contribution in [0.25, 0.3) is 0 Å². The molecular weight excluding hydrogens is 976 g/mol. The summed E-state index contributed by atoms with van der Waals surface area (Å²) in [6, 6.07) is -0.890. The number of hydrogen-bond acceptors (Lipinski definition) is 7. The maximum Gasteiger partial charge on any atom is 0.306 e. The van der Waals surface area contributed by atoms with E-state index in [1.54, 1.807) is 0 Å². The lowest BCUT2D eigenvalue weighted by Crippen LogP contribution is -2.47. The number of hydrogen-bond donors (Lipinski definition) is 1. The molecule has 9 nitrogen and oxygen atoms in total. The van der Waals surface area contributed by atoms with Crippen LogP contribution in [0.5, 0.6) is 0 Å². The maximum absolute atomic E-state index is 13.5. The first-order chi connectivity index (χ1) is 37.4. The van der Waals surface area contributed by atoms with Gasteiger partial charge in [0.25, 0.3) is 7.82 Å². The topological polar surface area (TPSA) is 114 Å². The first-order valence-corrected chi connectivity index (χ1v) is 33.7. The standard InChI is InChI=1S/C67H123N2O7P/c1-7-10-13-16-19-22-25-27-29-30-31-32-33-34-35-36-37-38-40-42-45-48-51-54-57-60-67(71)76-65(58-55-52-49-46-43-24-21-18-15-12-9-3)64(63-75-77(72,73)74-62-61-69(4,5)6)68-66(70)59-56-53-50-47-44-41-39-28-26-23-20-17-14-11-8-2/h10,13,19,22,27,29,31-32,34-35,55,58,64-65H,7-9,11-12,14-18,20-21,23-26,28,30,33,36-54,56-57,59-63H2,1-6H3,(H-,68,70,72,73)/b13-10-,22-19-,29-27-,32-31-,35-34-,58-55+. The summed E-state index contributed by atoms with van der Waals surface area (Å²) in [5.41, 5.74) is 0. The molecule has 10 heteroatoms. The van der Waals surface area contributed by atoms with E-state index in [2.05, 4.69) is 86.8 Å². The predicted octanol–water partition coefficient (Wildman–Crippen LogP) is 19.4. The fourth-order valence-corrected chi connectivity index (χ4v) is 9.92. The number of rotatable bonds is 58. The average Bonchev–Trinajstić information content (AvgIpc) is 3.39. The van der Waals surface area contributed by atoms with Crippen LogP contribution in [0.3, 0.4) is 0 Å². The second kappa shape index (κ2) is 56.7. The summed E-state index contributed by atoms with van der Waals surface area (Å²) in [4.78, 5) is 40.0. The molecule has 0 aromatic rings. The fourth-order valence-electron chi connectivity index (χ4n) is 9.20. The molecule has 0 spiro atoms. The lowest BCUT2D eigenvalue weighted by atomic mass is 10.0. The van der Waals surface area contributed by atoms with Crippen molar-refractivity contribution < 1.29 is 37.3 Å². The smallest absolute Gasteiger partial charge is 0.306 e. The molecule has 0 aromatic carbocycles. The van der Waals surface area contributed by atoms with E-state index in [9.17, 15) is 19.0 Å². The van der Waals surface area contributed by atoms with E-state index < -0.39 is 20.0 Å². The number of unbranched alkanes of at least 4 members (excludes halogenated alkanes) is 32. The SMILES string of the molecule is CC/C=C\C/C=C\C/C=C\C/C=C\C/C=C\CCCCCCCCCCCC(=O)OC(/C=C/CCCCCCCCCCC)C(COP(=O)([O-])OCC[N+](C)(C)C)NC(=O)CCCCCCCCCCCCCCCCC. The molecule has 0 aliphatic carbocycles. The molecular formula is C67H123N2O7P. The van der Waals surface area contributed by atoms with Crippen LogP contribution in [-0.4, -0.2) is 69.4 Å². The molecule has 1 amide bonds. The van der Waals surface area contributed by atoms with Crippen molar-refractivity contribution in [2.24, 2.45) is 0 Å². The van der Waals surface area contributed by atoms with Crippen molar-refractivity contribution in [3.05, 3.63) is 72.9 Å². The quantitative estimate of drug-likeness (QED) is 0.0212. The third-order valence-corrected chi connectivity index (χ3v) is 15.1. The number of nitrogens with zero attached hydrogens (tertiary/aromatic N) is 1. The number of phosphoric ester groups is 1. The molecule has 3 atom stereocenters. The summed E-state index contributed by atoms with van der Waals surface area (Å²) in [6.07, 6.45) is 73.0. The molecule has 0 radical (unpaired) electrons. The van der Waals surface area contributed by atoms with Gasteiger partial charge in [-0.2, -0.15) is 0 Å². The molecule has 448 valence electrons. The van der Waals surface area contributed by atoms with Gasteiger partial charge in [-0.3, -0.25) is 14.2 Å². The van der Waals surface area contributed by atoms with E-state index in [-0.39, 0.29) is 31.5 Å². The molecule has 0 aromatic heterocycles. The molecule has 0 saturated carbocycles. The van der Waals surface area contributed by atoms with E-state index in [0.717, 1.165) is 103 Å². The van der Waals surface area contributed by atoms with Crippen LogP contribution in [0.1, 0.15) is 290 Å². The zero-order valence-corrected chi connectivity index (χ0v) is 52.0. The van der Waals surface area contributed by atoms with Crippen LogP contribution in [0, 0.1) is 0 Å². The number of quaternary nitrogens is 1. The highest BCUT2D eigenvalue weighted by molar-refractivity contribution is 7.45. The average molecular weight is 1100 g/mol. The minimum Gasteiger partial charge on any atom is -0.756 e. The van der Waals surface area contributed by atoms with Gasteiger partial charge in [0.1, 0.15) is 19.3 Å². The highest BCUT2D eigenvalue weighted by atomic mass is 31.2. The first-order valence-electron chi connectivity index (χ1n) is 32.2. The zero-order valence-electron chi connectivity index (χ0n) is 51.2. The minimum atomic E-state index is -4.70. The van der Waals surface area contributed by atoms with E-state index >= 15 is 0 Å². The number of carbonyl (C=O) groups is 2. The lowest BCUT2D eigenvalue weighted by molar-refractivity contribution is -0.870. The number of amides is 1. The molecule has 0 rings (SSSR count). The highest BCUT2D eigenvalue weighted by Crippen LogP contribution is 2.38. The largest absolute Gasteiger partial charge is 0.756 e. The third-order valence-electron chi connectivity index (χ3n) is 14.2. The monoisotopic (exact) mass is 1100 g/mol. The van der Waals surface area contributed by atoms with Crippen LogP contribution >= 0.6 is 7.82 Å². The Morgan fingerprint density at radius 1 is 0.468 bits per heavy atom. The third kappa shape index (κ3) is 57.9. The number of allylic oxidation sites excluding steroid dienone is 11. The molecule has 1 N–H and O–H groups in total. The zero-order chi connectivity index (χ0) is 56.4. The second-order valence-corrected chi connectivity index (χ2v) is 24.3. The summed E-state index contributed by atoms with van der Waals surface area (Å²) in [5, 5.41) is 3.03. The Morgan fingerprint density at radius 2 is 0.831 bits per heavy atom. The molecule has 0 aliphatic heterocycles. The number of likely N-dealkylation sites (N-methyl/N-ethyl adjacent to an activating group) is 1. The van der Waals surface area contributed by atoms with Gasteiger partial charge in [0.15, 0.2) is 0 Å². The highest BCUT2D eigenvalue weighted by Gasteiger charge is 2.27. The normalized spacial score (nSPS) is 14.1. The Balaban J connectivity index is 5.11. The van der Waals surface area contributed by atoms with Gasteiger partial charge >= 0.3 is 5.97 Å². The Labute approximate surface area is 476 Å². The van der Waals surface area contributed by atoms with Crippen molar-refractivity contribution in [3.63, 3.8) is 0 Å². The van der Waals surface area contributed by atoms with Gasteiger partial charge in [-0.1, -0.05) is 274 Å². The summed E-state index contributed by atoms with van der Waals surface area (Å²) in [7, 11) is 1.18. The molecule has 3 unspecified atom stereocenters. The number of ether oxygens (including phenoxy) is 1. The van der Waals surface area contributed by atoms with Crippen LogP contribution < -0.4 is 10.2 Å². The Hall–Kier alpha value is -2.55. The Bertz CT molecular complexity index is 1550. The van der Waals surface area contributed by atoms with Crippen molar-refractivity contribution in [3.8, 4) is 0 Å². The van der Waals surface area contributed by atoms with Crippen molar-refractivity contribution in [2.45, 2.75) is 303 Å². The Kier molecular flexibility index (Phi) is 54.8. The van der Waals surface area contributed by atoms with Gasteiger partial charge < -0.3 is 28.5 Å². The Morgan fingerprint density at radius 3 is 1.25 bits per heavy atom. The summed E-state index contributed by atoms with van der Waals surface area (Å²) in [6.45, 7) is 6.74. The van der Waals surface area contributed by atoms with Gasteiger partial charge in [0.2, 0.25) is 5.91 Å². The number of nitrogens with one attached hydrogen (secondary N) is 1. The van der Waals surface area contributed by atoms with Gasteiger partial charge in [-0.25, -0.2) is 0 Å². The summed E-state index contributed by atoms with van der Waals surface area (Å²) in [5.74, 6) is -0.542. The van der Waals surface area contributed by atoms with Crippen LogP contribution in [-0.2, 0) is 27.9 Å². The van der Waals surface area contributed by atoms with E-state index in [4.69, 9.17) is 13.8 Å². The van der Waals surface area contributed by atoms with Crippen molar-refractivity contribution in [1.29, 1.82) is 0 Å². The molecule has 0 heterocycles. The van der Waals surface area contributed by atoms with Gasteiger partial charge in [-0.05, 0) is 76.7 Å². The van der Waals surface area contributed by atoms with Crippen molar-refractivity contribution in [1.82, 2.24) is 5.32 Å². The van der Waals surface area contributed by atoms with Crippen molar-refractivity contribution in [2.75, 3.05) is 40.9 Å². The number of esters is 1. The van der Waals surface area contributed by atoms with Crippen LogP contribution in [0.4, 0.5) is 0 Å². The number of carbonyl (C=O) groups excluding carboxylic acids is 2. The maximum atomic E-state index is 13.5. The minimum absolute atomic E-state index is 0.0238. The van der Waals surface area contributed by atoms with Crippen molar-refractivity contribution >= 4 is 19.7 Å². The molecule has 0 saturated heterocycles. The number of phosphoric acid groups is 1. The van der Waals surface area contributed by atoms with E-state index in [1.165, 1.54) is 154 Å². The molecule has 0 aliphatic rings. The predicted molar refractivity (Wildman–Crippen MR) is 330 cm³/mol. The van der Waals surface area contributed by atoms with Crippen LogP contribution in [0.2, 0.25) is 0 Å². The molecule has 0 fully saturated rings. The fraction of sp³-hybridized carbons (Fsp3) is 0.791. The summed E-state index contributed by atoms with van der Waals surface area (Å²) < 4.78 is 30.3. The van der Waals surface area contributed by atoms with E-state index in [1.807, 2.05) is 33.3 Å². The van der Waals surface area contributed by atoms with Gasteiger partial charge in [-0.15, -0.1) is 0 Å².